The number of benzene rings is 2. The van der Waals surface area contributed by atoms with Crippen molar-refractivity contribution < 1.29 is 13.2 Å². The summed E-state index contributed by atoms with van der Waals surface area (Å²) in [7, 11) is -3.63. The van der Waals surface area contributed by atoms with Crippen LogP contribution in [0.3, 0.4) is 0 Å². The van der Waals surface area contributed by atoms with Crippen molar-refractivity contribution in [1.29, 1.82) is 5.26 Å². The summed E-state index contributed by atoms with van der Waals surface area (Å²) in [5.74, 6) is -0.380. The number of ether oxygens (including phenoxy) is 1. The molecule has 5 heteroatoms. The Bertz CT molecular complexity index is 885. The van der Waals surface area contributed by atoms with Crippen LogP contribution in [-0.4, -0.2) is 26.9 Å². The van der Waals surface area contributed by atoms with Crippen LogP contribution in [0.15, 0.2) is 59.5 Å². The van der Waals surface area contributed by atoms with E-state index in [1.807, 2.05) is 38.1 Å². The first-order chi connectivity index (χ1) is 12.0. The predicted octanol–water partition coefficient (Wildman–Crippen LogP) is 3.48. The highest BCUT2D eigenvalue weighted by Gasteiger charge is 2.72. The molecular formula is C20H21NO3S. The molecule has 1 saturated carbocycles. The number of hydrogen-bond donors (Lipinski definition) is 0. The van der Waals surface area contributed by atoms with Crippen molar-refractivity contribution in [2.45, 2.75) is 29.9 Å². The van der Waals surface area contributed by atoms with E-state index in [2.05, 4.69) is 6.07 Å². The van der Waals surface area contributed by atoms with Gasteiger partial charge in [0.25, 0.3) is 0 Å². The third-order valence-corrected chi connectivity index (χ3v) is 7.14. The lowest BCUT2D eigenvalue weighted by atomic mass is 10.0. The quantitative estimate of drug-likeness (QED) is 0.795. The molecule has 0 amide bonds. The Balaban J connectivity index is 2.06. The van der Waals surface area contributed by atoms with Gasteiger partial charge in [0.15, 0.2) is 9.84 Å². The summed E-state index contributed by atoms with van der Waals surface area (Å²) in [6, 6.07) is 18.3. The van der Waals surface area contributed by atoms with E-state index in [4.69, 9.17) is 4.74 Å². The molecule has 0 radical (unpaired) electrons. The maximum Gasteiger partial charge on any atom is 0.183 e. The fraction of sp³-hybridized carbons (Fsp3) is 0.350. The summed E-state index contributed by atoms with van der Waals surface area (Å²) in [4.78, 5) is 0.255. The van der Waals surface area contributed by atoms with Gasteiger partial charge in [0.1, 0.15) is 5.41 Å². The molecule has 0 aromatic heterocycles. The lowest BCUT2D eigenvalue weighted by Crippen LogP contribution is -2.19. The van der Waals surface area contributed by atoms with Gasteiger partial charge in [0.05, 0.1) is 22.8 Å². The summed E-state index contributed by atoms with van der Waals surface area (Å²) in [6.45, 7) is 4.39. The third kappa shape index (κ3) is 2.97. The molecule has 0 aliphatic heterocycles. The lowest BCUT2D eigenvalue weighted by Gasteiger charge is -2.09. The van der Waals surface area contributed by atoms with Crippen molar-refractivity contribution in [3.8, 4) is 6.07 Å². The lowest BCUT2D eigenvalue weighted by molar-refractivity contribution is 0.117. The van der Waals surface area contributed by atoms with Gasteiger partial charge in [-0.1, -0.05) is 48.0 Å². The van der Waals surface area contributed by atoms with Crippen LogP contribution in [0, 0.1) is 23.7 Å². The molecule has 0 saturated heterocycles. The van der Waals surface area contributed by atoms with Crippen molar-refractivity contribution >= 4 is 9.84 Å². The summed E-state index contributed by atoms with van der Waals surface area (Å²) < 4.78 is 31.9. The van der Waals surface area contributed by atoms with Crippen molar-refractivity contribution in [3.05, 3.63) is 65.7 Å². The van der Waals surface area contributed by atoms with E-state index >= 15 is 0 Å². The van der Waals surface area contributed by atoms with Gasteiger partial charge < -0.3 is 4.74 Å². The van der Waals surface area contributed by atoms with Crippen LogP contribution in [0.4, 0.5) is 0 Å². The summed E-state index contributed by atoms with van der Waals surface area (Å²) in [5.41, 5.74) is 0.926. The first kappa shape index (κ1) is 17.7. The Morgan fingerprint density at radius 1 is 1.12 bits per heavy atom. The molecule has 0 spiro atoms. The summed E-state index contributed by atoms with van der Waals surface area (Å²) in [6.07, 6.45) is 0. The minimum Gasteiger partial charge on any atom is -0.380 e. The minimum atomic E-state index is -3.63. The van der Waals surface area contributed by atoms with E-state index in [0.717, 1.165) is 11.1 Å². The van der Waals surface area contributed by atoms with E-state index in [0.29, 0.717) is 6.61 Å². The summed E-state index contributed by atoms with van der Waals surface area (Å²) >= 11 is 0. The molecule has 0 N–H and O–H groups in total. The average Bonchev–Trinajstić information content (AvgIpc) is 3.31. The van der Waals surface area contributed by atoms with Crippen LogP contribution in [0.2, 0.25) is 0 Å². The molecule has 130 valence electrons. The SMILES string of the molecule is CCOC[C@]1(C#N)[C@H](c2ccc(C)cc2)[C@@H]1S(=O)(=O)c1ccccc1. The van der Waals surface area contributed by atoms with Crippen molar-refractivity contribution in [2.24, 2.45) is 5.41 Å². The molecule has 25 heavy (non-hydrogen) atoms. The fourth-order valence-corrected chi connectivity index (χ4v) is 5.80. The molecule has 1 fully saturated rings. The van der Waals surface area contributed by atoms with E-state index in [9.17, 15) is 13.7 Å². The number of nitrogens with zero attached hydrogens (tertiary/aromatic N) is 1. The van der Waals surface area contributed by atoms with Gasteiger partial charge in [-0.25, -0.2) is 8.42 Å². The number of sulfone groups is 1. The Morgan fingerprint density at radius 3 is 2.32 bits per heavy atom. The zero-order valence-electron chi connectivity index (χ0n) is 14.3. The van der Waals surface area contributed by atoms with E-state index < -0.39 is 20.5 Å². The van der Waals surface area contributed by atoms with Crippen LogP contribution >= 0.6 is 0 Å². The average molecular weight is 355 g/mol. The van der Waals surface area contributed by atoms with Gasteiger partial charge in [-0.15, -0.1) is 0 Å². The number of hydrogen-bond acceptors (Lipinski definition) is 4. The molecule has 4 nitrogen and oxygen atoms in total. The van der Waals surface area contributed by atoms with Crippen LogP contribution < -0.4 is 0 Å². The second-order valence-corrected chi connectivity index (χ2v) is 8.53. The van der Waals surface area contributed by atoms with E-state index in [-0.39, 0.29) is 17.4 Å². The molecule has 0 heterocycles. The molecule has 0 bridgehead atoms. The van der Waals surface area contributed by atoms with E-state index in [1.54, 1.807) is 30.3 Å². The van der Waals surface area contributed by atoms with E-state index in [1.165, 1.54) is 0 Å². The maximum absolute atomic E-state index is 13.2. The number of aryl methyl sites for hydroxylation is 1. The Hall–Kier alpha value is -2.16. The molecule has 3 rings (SSSR count). The minimum absolute atomic E-state index is 0.120. The van der Waals surface area contributed by atoms with Gasteiger partial charge >= 0.3 is 0 Å². The van der Waals surface area contributed by atoms with Gasteiger partial charge in [0, 0.05) is 12.5 Å². The van der Waals surface area contributed by atoms with Gasteiger partial charge in [-0.2, -0.15) is 5.26 Å². The summed E-state index contributed by atoms with van der Waals surface area (Å²) in [5, 5.41) is 9.07. The number of rotatable bonds is 6. The maximum atomic E-state index is 13.2. The van der Waals surface area contributed by atoms with Crippen LogP contribution in [0.5, 0.6) is 0 Å². The van der Waals surface area contributed by atoms with Crippen LogP contribution in [-0.2, 0) is 14.6 Å². The highest BCUT2D eigenvalue weighted by Crippen LogP contribution is 2.63. The third-order valence-electron chi connectivity index (χ3n) is 4.85. The second-order valence-electron chi connectivity index (χ2n) is 6.46. The molecule has 2 aromatic rings. The van der Waals surface area contributed by atoms with Crippen molar-refractivity contribution in [2.75, 3.05) is 13.2 Å². The first-order valence-electron chi connectivity index (χ1n) is 8.32. The standard InChI is InChI=1S/C20H21NO3S/c1-3-24-14-20(13-21)18(16-11-9-15(2)10-12-16)19(20)25(22,23)17-7-5-4-6-8-17/h4-12,18-19H,3,14H2,1-2H3/t18-,19+,20-/m1/s1. The normalized spacial score (nSPS) is 25.3. The zero-order valence-corrected chi connectivity index (χ0v) is 15.2. The monoisotopic (exact) mass is 355 g/mol. The smallest absolute Gasteiger partial charge is 0.183 e. The molecular weight excluding hydrogens is 334 g/mol. The highest BCUT2D eigenvalue weighted by molar-refractivity contribution is 7.92. The highest BCUT2D eigenvalue weighted by atomic mass is 32.2. The Kier molecular flexibility index (Phi) is 4.68. The van der Waals surface area contributed by atoms with Crippen molar-refractivity contribution in [3.63, 3.8) is 0 Å². The topological polar surface area (TPSA) is 67.2 Å². The largest absolute Gasteiger partial charge is 0.380 e. The molecule has 3 atom stereocenters. The van der Waals surface area contributed by atoms with Gasteiger partial charge in [-0.05, 0) is 31.5 Å². The molecule has 1 aliphatic carbocycles. The van der Waals surface area contributed by atoms with Crippen LogP contribution in [0.25, 0.3) is 0 Å². The van der Waals surface area contributed by atoms with Gasteiger partial charge in [0.2, 0.25) is 0 Å². The number of nitriles is 1. The molecule has 0 unspecified atom stereocenters. The molecule has 2 aromatic carbocycles. The Morgan fingerprint density at radius 2 is 1.76 bits per heavy atom. The molecule has 1 aliphatic rings. The fourth-order valence-electron chi connectivity index (χ4n) is 3.47. The van der Waals surface area contributed by atoms with Crippen molar-refractivity contribution in [1.82, 2.24) is 0 Å². The second kappa shape index (κ2) is 6.62. The first-order valence-corrected chi connectivity index (χ1v) is 9.86. The Labute approximate surface area is 149 Å². The van der Waals surface area contributed by atoms with Crippen LogP contribution in [0.1, 0.15) is 24.0 Å². The zero-order chi connectivity index (χ0) is 18.1. The predicted molar refractivity (Wildman–Crippen MR) is 95.9 cm³/mol. The van der Waals surface area contributed by atoms with Gasteiger partial charge in [-0.3, -0.25) is 0 Å².